The maximum absolute atomic E-state index is 11.8. The van der Waals surface area contributed by atoms with Crippen molar-refractivity contribution in [2.45, 2.75) is 6.54 Å². The van der Waals surface area contributed by atoms with Gasteiger partial charge in [0.1, 0.15) is 13.1 Å². The fourth-order valence-corrected chi connectivity index (χ4v) is 2.27. The number of aliphatic carboxylic acids is 1. The zero-order valence-electron chi connectivity index (χ0n) is 11.5. The van der Waals surface area contributed by atoms with Crippen LogP contribution in [0.5, 0.6) is 0 Å². The molecule has 1 aromatic heterocycles. The number of carboxylic acids is 1. The van der Waals surface area contributed by atoms with Crippen LogP contribution in [0.2, 0.25) is 0 Å². The molecule has 0 bridgehead atoms. The van der Waals surface area contributed by atoms with Crippen molar-refractivity contribution < 1.29 is 19.5 Å². The van der Waals surface area contributed by atoms with Crippen LogP contribution in [0.15, 0.2) is 34.9 Å². The predicted octanol–water partition coefficient (Wildman–Crippen LogP) is 0.721. The highest BCUT2D eigenvalue weighted by atomic mass is 79.9. The molecule has 0 radical (unpaired) electrons. The van der Waals surface area contributed by atoms with Crippen LogP contribution in [0.3, 0.4) is 0 Å². The number of halogens is 1. The number of benzene rings is 1. The van der Waals surface area contributed by atoms with Crippen LogP contribution in [0.1, 0.15) is 0 Å². The van der Waals surface area contributed by atoms with Crippen LogP contribution in [0.4, 0.5) is 0 Å². The molecule has 1 heterocycles. The van der Waals surface area contributed by atoms with E-state index in [1.807, 2.05) is 24.3 Å². The lowest BCUT2D eigenvalue weighted by molar-refractivity contribution is -0.137. The maximum atomic E-state index is 11.8. The van der Waals surface area contributed by atoms with E-state index in [2.05, 4.69) is 26.6 Å². The Hall–Kier alpha value is -2.35. The van der Waals surface area contributed by atoms with Gasteiger partial charge in [0.25, 0.3) is 0 Å². The van der Waals surface area contributed by atoms with E-state index >= 15 is 0 Å². The average molecular weight is 368 g/mol. The topological polar surface area (TPSA) is 100 Å². The lowest BCUT2D eigenvalue weighted by atomic mass is 10.2. The first-order valence-corrected chi connectivity index (χ1v) is 7.24. The van der Waals surface area contributed by atoms with Crippen LogP contribution in [0.25, 0.3) is 10.9 Å². The van der Waals surface area contributed by atoms with Gasteiger partial charge < -0.3 is 20.3 Å². The third-order valence-electron chi connectivity index (χ3n) is 2.93. The van der Waals surface area contributed by atoms with Gasteiger partial charge in [-0.15, -0.1) is 0 Å². The molecule has 2 amide bonds. The van der Waals surface area contributed by atoms with E-state index < -0.39 is 18.4 Å². The summed E-state index contributed by atoms with van der Waals surface area (Å²) in [7, 11) is 0. The molecule has 0 saturated carbocycles. The van der Waals surface area contributed by atoms with E-state index in [-0.39, 0.29) is 19.0 Å². The molecular formula is C14H14BrN3O4. The molecule has 0 spiro atoms. The Balaban J connectivity index is 1.90. The summed E-state index contributed by atoms with van der Waals surface area (Å²) in [5.41, 5.74) is 0.903. The van der Waals surface area contributed by atoms with Gasteiger partial charge >= 0.3 is 5.97 Å². The van der Waals surface area contributed by atoms with Crippen LogP contribution in [-0.2, 0) is 20.9 Å². The van der Waals surface area contributed by atoms with Gasteiger partial charge in [-0.25, -0.2) is 0 Å². The van der Waals surface area contributed by atoms with E-state index in [0.717, 1.165) is 15.4 Å². The van der Waals surface area contributed by atoms with Crippen molar-refractivity contribution in [1.29, 1.82) is 0 Å². The molecule has 3 N–H and O–H groups in total. The van der Waals surface area contributed by atoms with Crippen molar-refractivity contribution in [3.8, 4) is 0 Å². The van der Waals surface area contributed by atoms with E-state index in [1.54, 1.807) is 10.8 Å². The van der Waals surface area contributed by atoms with Gasteiger partial charge in [-0.2, -0.15) is 0 Å². The normalized spacial score (nSPS) is 10.4. The number of fused-ring (bicyclic) bond motifs is 1. The van der Waals surface area contributed by atoms with Gasteiger partial charge in [-0.3, -0.25) is 14.4 Å². The molecule has 0 saturated heterocycles. The molecule has 1 aromatic carbocycles. The van der Waals surface area contributed by atoms with Gasteiger partial charge in [0.05, 0.1) is 6.54 Å². The molecular weight excluding hydrogens is 354 g/mol. The molecule has 22 heavy (non-hydrogen) atoms. The molecule has 0 atom stereocenters. The van der Waals surface area contributed by atoms with Crippen molar-refractivity contribution in [2.75, 3.05) is 13.1 Å². The minimum atomic E-state index is -1.14. The molecule has 2 aromatic rings. The lowest BCUT2D eigenvalue weighted by Gasteiger charge is -2.07. The Labute approximate surface area is 134 Å². The van der Waals surface area contributed by atoms with Crippen molar-refractivity contribution in [3.05, 3.63) is 34.9 Å². The van der Waals surface area contributed by atoms with E-state index in [1.165, 1.54) is 0 Å². The number of nitrogens with zero attached hydrogens (tertiary/aromatic N) is 1. The fraction of sp³-hybridized carbons (Fsp3) is 0.214. The second-order valence-corrected chi connectivity index (χ2v) is 5.51. The van der Waals surface area contributed by atoms with Gasteiger partial charge in [0, 0.05) is 16.2 Å². The zero-order valence-corrected chi connectivity index (χ0v) is 13.1. The number of nitrogens with one attached hydrogen (secondary N) is 2. The highest BCUT2D eigenvalue weighted by Crippen LogP contribution is 2.20. The van der Waals surface area contributed by atoms with Crippen LogP contribution in [-0.4, -0.2) is 40.5 Å². The summed E-state index contributed by atoms with van der Waals surface area (Å²) < 4.78 is 2.68. The van der Waals surface area contributed by atoms with Gasteiger partial charge in [0.2, 0.25) is 11.8 Å². The first kappa shape index (κ1) is 16.0. The standard InChI is InChI=1S/C14H14BrN3O4/c15-10-2-1-9-3-4-18(11(9)5-10)8-13(20)16-6-12(19)17-7-14(21)22/h1-5H,6-8H2,(H,16,20)(H,17,19)(H,21,22). The summed E-state index contributed by atoms with van der Waals surface area (Å²) in [6, 6.07) is 7.66. The molecule has 0 fully saturated rings. The second-order valence-electron chi connectivity index (χ2n) is 4.59. The van der Waals surface area contributed by atoms with Crippen molar-refractivity contribution >= 4 is 44.6 Å². The molecule has 8 heteroatoms. The Morgan fingerprint density at radius 1 is 1.09 bits per heavy atom. The average Bonchev–Trinajstić information content (AvgIpc) is 2.85. The van der Waals surface area contributed by atoms with Gasteiger partial charge in [0.15, 0.2) is 0 Å². The number of rotatable bonds is 6. The Kier molecular flexibility index (Phi) is 5.16. The highest BCUT2D eigenvalue weighted by molar-refractivity contribution is 9.10. The number of carbonyl (C=O) groups excluding carboxylic acids is 2. The smallest absolute Gasteiger partial charge is 0.322 e. The second kappa shape index (κ2) is 7.08. The van der Waals surface area contributed by atoms with Gasteiger partial charge in [-0.1, -0.05) is 22.0 Å². The number of carbonyl (C=O) groups is 3. The molecule has 2 rings (SSSR count). The summed E-state index contributed by atoms with van der Waals surface area (Å²) >= 11 is 3.38. The van der Waals surface area contributed by atoms with Crippen molar-refractivity contribution in [2.24, 2.45) is 0 Å². The lowest BCUT2D eigenvalue weighted by Crippen LogP contribution is -2.40. The molecule has 7 nitrogen and oxygen atoms in total. The first-order chi connectivity index (χ1) is 10.5. The highest BCUT2D eigenvalue weighted by Gasteiger charge is 2.09. The third kappa shape index (κ3) is 4.32. The minimum absolute atomic E-state index is 0.0756. The van der Waals surface area contributed by atoms with Crippen LogP contribution < -0.4 is 10.6 Å². The summed E-state index contributed by atoms with van der Waals surface area (Å²) in [4.78, 5) is 33.4. The first-order valence-electron chi connectivity index (χ1n) is 6.45. The summed E-state index contributed by atoms with van der Waals surface area (Å²) in [6.07, 6.45) is 1.79. The number of hydrogen-bond acceptors (Lipinski definition) is 3. The predicted molar refractivity (Wildman–Crippen MR) is 83.3 cm³/mol. The molecule has 0 aliphatic heterocycles. The van der Waals surface area contributed by atoms with Crippen LogP contribution >= 0.6 is 15.9 Å². The molecule has 0 unspecified atom stereocenters. The Morgan fingerprint density at radius 3 is 2.55 bits per heavy atom. The molecule has 0 aliphatic rings. The number of amides is 2. The number of carboxylic acid groups (broad SMARTS) is 1. The quantitative estimate of drug-likeness (QED) is 0.700. The van der Waals surface area contributed by atoms with E-state index in [9.17, 15) is 14.4 Å². The van der Waals surface area contributed by atoms with Gasteiger partial charge in [-0.05, 0) is 23.6 Å². The van der Waals surface area contributed by atoms with Crippen molar-refractivity contribution in [3.63, 3.8) is 0 Å². The summed E-state index contributed by atoms with van der Waals surface area (Å²) in [6.45, 7) is -0.647. The fourth-order valence-electron chi connectivity index (χ4n) is 1.92. The van der Waals surface area contributed by atoms with Crippen molar-refractivity contribution in [1.82, 2.24) is 15.2 Å². The van der Waals surface area contributed by atoms with Crippen LogP contribution in [0, 0.1) is 0 Å². The number of aromatic nitrogens is 1. The maximum Gasteiger partial charge on any atom is 0.322 e. The summed E-state index contributed by atoms with van der Waals surface area (Å²) in [5, 5.41) is 14.0. The molecule has 0 aliphatic carbocycles. The Morgan fingerprint density at radius 2 is 1.82 bits per heavy atom. The third-order valence-corrected chi connectivity index (χ3v) is 3.43. The molecule has 116 valence electrons. The largest absolute Gasteiger partial charge is 0.480 e. The van der Waals surface area contributed by atoms with E-state index in [0.29, 0.717) is 0 Å². The number of hydrogen-bond donors (Lipinski definition) is 3. The van der Waals surface area contributed by atoms with E-state index in [4.69, 9.17) is 5.11 Å². The Bertz CT molecular complexity index is 726. The SMILES string of the molecule is O=C(O)CNC(=O)CNC(=O)Cn1ccc2ccc(Br)cc21. The summed E-state index contributed by atoms with van der Waals surface area (Å²) in [5.74, 6) is -2.01. The minimum Gasteiger partial charge on any atom is -0.480 e. The monoisotopic (exact) mass is 367 g/mol. The zero-order chi connectivity index (χ0) is 16.1.